The molecule has 0 unspecified atom stereocenters. The van der Waals surface area contributed by atoms with E-state index in [4.69, 9.17) is 11.6 Å². The first-order valence-electron chi connectivity index (χ1n) is 6.78. The molecule has 0 saturated carbocycles. The number of hydrogen-bond acceptors (Lipinski definition) is 2. The van der Waals surface area contributed by atoms with Gasteiger partial charge in [0.05, 0.1) is 22.3 Å². The molecule has 116 valence electrons. The van der Waals surface area contributed by atoms with E-state index in [1.54, 1.807) is 18.2 Å². The minimum atomic E-state index is -0.742. The Morgan fingerprint density at radius 2 is 1.83 bits per heavy atom. The lowest BCUT2D eigenvalue weighted by Gasteiger charge is -2.10. The second-order valence-corrected chi connectivity index (χ2v) is 5.33. The lowest BCUT2D eigenvalue weighted by Crippen LogP contribution is -2.18. The van der Waals surface area contributed by atoms with Crippen LogP contribution in [0.1, 0.15) is 10.4 Å². The van der Waals surface area contributed by atoms with Crippen LogP contribution in [0.4, 0.5) is 8.78 Å². The fraction of sp³-hybridized carbons (Fsp3) is 0.0588. The van der Waals surface area contributed by atoms with Gasteiger partial charge in [0.1, 0.15) is 11.6 Å². The molecule has 0 bridgehead atoms. The van der Waals surface area contributed by atoms with E-state index in [0.717, 1.165) is 12.1 Å². The van der Waals surface area contributed by atoms with Gasteiger partial charge in [-0.3, -0.25) is 4.79 Å². The third-order valence-electron chi connectivity index (χ3n) is 3.46. The Morgan fingerprint density at radius 1 is 1.13 bits per heavy atom. The number of aromatic nitrogens is 1. The third kappa shape index (κ3) is 2.75. The lowest BCUT2D eigenvalue weighted by molar-refractivity contribution is 0.0964. The monoisotopic (exact) mass is 332 g/mol. The van der Waals surface area contributed by atoms with E-state index in [9.17, 15) is 13.6 Å². The number of carbonyl (C=O) groups excluding carboxylic acids is 1. The second kappa shape index (κ2) is 5.93. The van der Waals surface area contributed by atoms with Crippen LogP contribution >= 0.6 is 11.6 Å². The predicted molar refractivity (Wildman–Crippen MR) is 85.5 cm³/mol. The molecular formula is C17H11ClF2N2O. The van der Waals surface area contributed by atoms with Crippen LogP contribution in [0.5, 0.6) is 0 Å². The van der Waals surface area contributed by atoms with Crippen LogP contribution in [-0.4, -0.2) is 17.9 Å². The average Bonchev–Trinajstić information content (AvgIpc) is 2.53. The third-order valence-corrected chi connectivity index (χ3v) is 3.70. The van der Waals surface area contributed by atoms with Crippen LogP contribution in [0.3, 0.4) is 0 Å². The van der Waals surface area contributed by atoms with Crippen LogP contribution in [0.2, 0.25) is 5.02 Å². The first-order chi connectivity index (χ1) is 11.0. The number of nitrogens with zero attached hydrogens (tertiary/aromatic N) is 1. The van der Waals surface area contributed by atoms with E-state index >= 15 is 0 Å². The first kappa shape index (κ1) is 15.4. The summed E-state index contributed by atoms with van der Waals surface area (Å²) in [6.45, 7) is 0. The van der Waals surface area contributed by atoms with E-state index < -0.39 is 17.5 Å². The van der Waals surface area contributed by atoms with Gasteiger partial charge in [-0.1, -0.05) is 17.7 Å². The minimum absolute atomic E-state index is 0.0500. The highest BCUT2D eigenvalue weighted by Crippen LogP contribution is 2.30. The quantitative estimate of drug-likeness (QED) is 0.764. The Morgan fingerprint density at radius 3 is 2.48 bits per heavy atom. The number of halogens is 3. The summed E-state index contributed by atoms with van der Waals surface area (Å²) in [4.78, 5) is 16.4. The largest absolute Gasteiger partial charge is 0.355 e. The van der Waals surface area contributed by atoms with Crippen molar-refractivity contribution in [1.29, 1.82) is 0 Å². The van der Waals surface area contributed by atoms with Crippen LogP contribution in [-0.2, 0) is 0 Å². The Balaban J connectivity index is 2.36. The number of hydrogen-bond donors (Lipinski definition) is 1. The molecule has 0 spiro atoms. The predicted octanol–water partition coefficient (Wildman–Crippen LogP) is 4.19. The van der Waals surface area contributed by atoms with Gasteiger partial charge in [-0.05, 0) is 36.4 Å². The minimum Gasteiger partial charge on any atom is -0.355 e. The Kier molecular flexibility index (Phi) is 3.96. The zero-order valence-electron chi connectivity index (χ0n) is 12.0. The molecule has 0 atom stereocenters. The molecule has 1 aromatic heterocycles. The molecule has 0 saturated heterocycles. The summed E-state index contributed by atoms with van der Waals surface area (Å²) in [5, 5.41) is 3.45. The zero-order valence-corrected chi connectivity index (χ0v) is 12.8. The van der Waals surface area contributed by atoms with Crippen molar-refractivity contribution < 1.29 is 13.6 Å². The summed E-state index contributed by atoms with van der Waals surface area (Å²) in [7, 11) is 1.47. The summed E-state index contributed by atoms with van der Waals surface area (Å²) >= 11 is 5.97. The highest BCUT2D eigenvalue weighted by atomic mass is 35.5. The van der Waals surface area contributed by atoms with Crippen molar-refractivity contribution >= 4 is 28.4 Å². The molecule has 23 heavy (non-hydrogen) atoms. The smallest absolute Gasteiger partial charge is 0.251 e. The number of benzene rings is 2. The molecule has 0 aliphatic carbocycles. The van der Waals surface area contributed by atoms with Gasteiger partial charge < -0.3 is 5.32 Å². The Labute approximate surface area is 135 Å². The van der Waals surface area contributed by atoms with Gasteiger partial charge in [-0.15, -0.1) is 0 Å². The highest BCUT2D eigenvalue weighted by Gasteiger charge is 2.17. The standard InChI is InChI=1S/C17H11ClF2N2O/c1-21-17(23)11-8-15(16-12(19)3-2-4-13(16)20)22-14-6-5-9(18)7-10(11)14/h2-8H,1H3,(H,21,23). The fourth-order valence-electron chi connectivity index (χ4n) is 2.39. The molecule has 1 amide bonds. The van der Waals surface area contributed by atoms with Crippen molar-refractivity contribution in [3.63, 3.8) is 0 Å². The normalized spacial score (nSPS) is 10.8. The molecule has 0 radical (unpaired) electrons. The molecular weight excluding hydrogens is 322 g/mol. The second-order valence-electron chi connectivity index (χ2n) is 4.89. The van der Waals surface area contributed by atoms with E-state index in [2.05, 4.69) is 10.3 Å². The maximum Gasteiger partial charge on any atom is 0.251 e. The summed E-state index contributed by atoms with van der Waals surface area (Å²) in [5.41, 5.74) is 0.453. The molecule has 3 nitrogen and oxygen atoms in total. The number of pyridine rings is 1. The van der Waals surface area contributed by atoms with Crippen molar-refractivity contribution in [2.45, 2.75) is 0 Å². The highest BCUT2D eigenvalue weighted by molar-refractivity contribution is 6.31. The molecule has 3 aromatic rings. The SMILES string of the molecule is CNC(=O)c1cc(-c2c(F)cccc2F)nc2ccc(Cl)cc12. The molecule has 1 heterocycles. The van der Waals surface area contributed by atoms with Crippen LogP contribution in [0.25, 0.3) is 22.2 Å². The van der Waals surface area contributed by atoms with Gasteiger partial charge in [0.2, 0.25) is 0 Å². The molecule has 0 fully saturated rings. The van der Waals surface area contributed by atoms with E-state index in [1.165, 1.54) is 19.2 Å². The number of rotatable bonds is 2. The lowest BCUT2D eigenvalue weighted by atomic mass is 10.0. The van der Waals surface area contributed by atoms with Gasteiger partial charge in [0.15, 0.2) is 0 Å². The number of carbonyl (C=O) groups is 1. The number of amides is 1. The molecule has 2 aromatic carbocycles. The first-order valence-corrected chi connectivity index (χ1v) is 7.16. The molecule has 3 rings (SSSR count). The van der Waals surface area contributed by atoms with Gasteiger partial charge in [-0.25, -0.2) is 13.8 Å². The molecule has 1 N–H and O–H groups in total. The van der Waals surface area contributed by atoms with Gasteiger partial charge >= 0.3 is 0 Å². The summed E-state index contributed by atoms with van der Waals surface area (Å²) < 4.78 is 28.0. The topological polar surface area (TPSA) is 42.0 Å². The van der Waals surface area contributed by atoms with E-state index in [1.807, 2.05) is 0 Å². The van der Waals surface area contributed by atoms with Crippen LogP contribution in [0, 0.1) is 11.6 Å². The van der Waals surface area contributed by atoms with Gasteiger partial charge in [0, 0.05) is 17.5 Å². The van der Waals surface area contributed by atoms with Gasteiger partial charge in [0.25, 0.3) is 5.91 Å². The summed E-state index contributed by atoms with van der Waals surface area (Å²) in [5.74, 6) is -1.87. The van der Waals surface area contributed by atoms with Crippen LogP contribution < -0.4 is 5.32 Å². The Bertz CT molecular complexity index is 908. The van der Waals surface area contributed by atoms with Crippen LogP contribution in [0.15, 0.2) is 42.5 Å². The molecule has 6 heteroatoms. The summed E-state index contributed by atoms with van der Waals surface area (Å²) in [6, 6.07) is 9.72. The number of fused-ring (bicyclic) bond motifs is 1. The van der Waals surface area contributed by atoms with Gasteiger partial charge in [-0.2, -0.15) is 0 Å². The van der Waals surface area contributed by atoms with Crippen molar-refractivity contribution in [1.82, 2.24) is 10.3 Å². The summed E-state index contributed by atoms with van der Waals surface area (Å²) in [6.07, 6.45) is 0. The van der Waals surface area contributed by atoms with Crippen molar-refractivity contribution in [2.75, 3.05) is 7.05 Å². The van der Waals surface area contributed by atoms with E-state index in [-0.39, 0.29) is 16.8 Å². The Hall–Kier alpha value is -2.53. The maximum absolute atomic E-state index is 14.0. The number of nitrogens with one attached hydrogen (secondary N) is 1. The fourth-order valence-corrected chi connectivity index (χ4v) is 2.56. The van der Waals surface area contributed by atoms with Crippen molar-refractivity contribution in [2.24, 2.45) is 0 Å². The molecule has 0 aliphatic heterocycles. The van der Waals surface area contributed by atoms with Crippen molar-refractivity contribution in [3.05, 3.63) is 64.7 Å². The molecule has 0 aliphatic rings. The average molecular weight is 333 g/mol. The van der Waals surface area contributed by atoms with E-state index in [0.29, 0.717) is 15.9 Å². The zero-order chi connectivity index (χ0) is 16.6. The van der Waals surface area contributed by atoms with Crippen molar-refractivity contribution in [3.8, 4) is 11.3 Å². The maximum atomic E-state index is 14.0.